The largest absolute Gasteiger partial charge is 0.467 e. The van der Waals surface area contributed by atoms with Crippen molar-refractivity contribution in [2.45, 2.75) is 18.7 Å². The van der Waals surface area contributed by atoms with Gasteiger partial charge in [-0.15, -0.1) is 0 Å². The maximum absolute atomic E-state index is 12.2. The Morgan fingerprint density at radius 3 is 2.68 bits per heavy atom. The molecule has 0 N–H and O–H groups in total. The molecule has 0 aromatic heterocycles. The summed E-state index contributed by atoms with van der Waals surface area (Å²) in [4.78, 5) is 19.4. The lowest BCUT2D eigenvalue weighted by molar-refractivity contribution is -0.143. The van der Waals surface area contributed by atoms with E-state index in [1.165, 1.54) is 7.11 Å². The Morgan fingerprint density at radius 1 is 1.24 bits per heavy atom. The molecular weight excluding hydrogens is 320 g/mol. The summed E-state index contributed by atoms with van der Waals surface area (Å²) < 4.78 is 10.9. The Kier molecular flexibility index (Phi) is 4.97. The number of methoxy groups -OCH3 is 1. The Bertz CT molecular complexity index is 844. The maximum atomic E-state index is 12.2. The van der Waals surface area contributed by atoms with Crippen LogP contribution in [0.2, 0.25) is 0 Å². The van der Waals surface area contributed by atoms with Crippen molar-refractivity contribution >= 4 is 11.9 Å². The van der Waals surface area contributed by atoms with Crippen molar-refractivity contribution in [1.29, 1.82) is 0 Å². The molecule has 3 rings (SSSR count). The number of nitrogens with zero attached hydrogens (tertiary/aromatic N) is 4. The average Bonchev–Trinajstić information content (AvgIpc) is 3.12. The zero-order valence-corrected chi connectivity index (χ0v) is 13.6. The van der Waals surface area contributed by atoms with Gasteiger partial charge in [0.1, 0.15) is 0 Å². The molecule has 0 fully saturated rings. The van der Waals surface area contributed by atoms with Gasteiger partial charge in [-0.1, -0.05) is 47.6 Å². The first-order chi connectivity index (χ1) is 12.2. The van der Waals surface area contributed by atoms with Crippen LogP contribution in [0.25, 0.3) is 10.4 Å². The zero-order valence-electron chi connectivity index (χ0n) is 13.6. The summed E-state index contributed by atoms with van der Waals surface area (Å²) in [6.07, 6.45) is -0.632. The molecule has 0 saturated heterocycles. The molecule has 7 nitrogen and oxygen atoms in total. The smallest absolute Gasteiger partial charge is 0.335 e. The van der Waals surface area contributed by atoms with E-state index in [0.29, 0.717) is 5.90 Å². The first-order valence-electron chi connectivity index (χ1n) is 7.71. The van der Waals surface area contributed by atoms with E-state index < -0.39 is 18.1 Å². The molecule has 2 aromatic carbocycles. The van der Waals surface area contributed by atoms with Gasteiger partial charge in [0.15, 0.2) is 12.1 Å². The molecule has 1 aliphatic heterocycles. The number of carbonyl (C=O) groups excluding carboxylic acids is 1. The van der Waals surface area contributed by atoms with Gasteiger partial charge < -0.3 is 9.47 Å². The van der Waals surface area contributed by atoms with E-state index in [1.807, 2.05) is 54.6 Å². The molecule has 7 heteroatoms. The van der Waals surface area contributed by atoms with E-state index in [1.54, 1.807) is 0 Å². The van der Waals surface area contributed by atoms with Gasteiger partial charge in [0.2, 0.25) is 5.90 Å². The number of esters is 1. The van der Waals surface area contributed by atoms with E-state index in [9.17, 15) is 4.79 Å². The normalized spacial score (nSPS) is 18.7. The van der Waals surface area contributed by atoms with Crippen molar-refractivity contribution in [3.63, 3.8) is 0 Å². The van der Waals surface area contributed by atoms with Gasteiger partial charge in [-0.25, -0.2) is 9.79 Å². The molecule has 1 unspecified atom stereocenters. The summed E-state index contributed by atoms with van der Waals surface area (Å²) in [7, 11) is 1.32. The summed E-state index contributed by atoms with van der Waals surface area (Å²) in [5.41, 5.74) is 10.9. The number of ether oxygens (including phenoxy) is 2. The number of rotatable bonds is 5. The van der Waals surface area contributed by atoms with Gasteiger partial charge >= 0.3 is 5.97 Å². The molecule has 1 aliphatic rings. The third kappa shape index (κ3) is 3.46. The summed E-state index contributed by atoms with van der Waals surface area (Å²) in [6.45, 7) is 0.168. The Morgan fingerprint density at radius 2 is 1.96 bits per heavy atom. The fraction of sp³-hybridized carbons (Fsp3) is 0.222. The highest BCUT2D eigenvalue weighted by atomic mass is 16.5. The lowest BCUT2D eigenvalue weighted by atomic mass is 9.97. The van der Waals surface area contributed by atoms with Crippen LogP contribution >= 0.6 is 0 Å². The third-order valence-corrected chi connectivity index (χ3v) is 3.91. The van der Waals surface area contributed by atoms with Gasteiger partial charge in [-0.2, -0.15) is 0 Å². The molecular formula is C18H16N4O3. The standard InChI is InChI=1S/C18H16N4O3/c1-24-18(23)15-16(14-10-6-5-9-13(14)11-20-22-19)25-17(21-15)12-7-3-2-4-8-12/h2-10,15-16H,11H2,1H3/t15?,16-/m0/s1. The second-order valence-corrected chi connectivity index (χ2v) is 5.39. The highest BCUT2D eigenvalue weighted by Crippen LogP contribution is 2.34. The van der Waals surface area contributed by atoms with Crippen LogP contribution in [0.15, 0.2) is 64.7 Å². The molecule has 25 heavy (non-hydrogen) atoms. The van der Waals surface area contributed by atoms with Crippen molar-refractivity contribution in [2.24, 2.45) is 10.1 Å². The van der Waals surface area contributed by atoms with Crippen molar-refractivity contribution in [2.75, 3.05) is 7.11 Å². The van der Waals surface area contributed by atoms with Crippen molar-refractivity contribution in [3.8, 4) is 0 Å². The van der Waals surface area contributed by atoms with Gasteiger partial charge in [-0.05, 0) is 28.8 Å². The van der Waals surface area contributed by atoms with Crippen LogP contribution in [-0.4, -0.2) is 25.0 Å². The molecule has 0 saturated carbocycles. The average molecular weight is 336 g/mol. The van der Waals surface area contributed by atoms with Crippen molar-refractivity contribution < 1.29 is 14.3 Å². The quantitative estimate of drug-likeness (QED) is 0.361. The molecule has 0 aliphatic carbocycles. The van der Waals surface area contributed by atoms with Crippen LogP contribution in [0.5, 0.6) is 0 Å². The minimum absolute atomic E-state index is 0.168. The van der Waals surface area contributed by atoms with E-state index in [4.69, 9.17) is 15.0 Å². The van der Waals surface area contributed by atoms with Crippen molar-refractivity contribution in [1.82, 2.24) is 0 Å². The van der Waals surface area contributed by atoms with Crippen LogP contribution in [0, 0.1) is 0 Å². The summed E-state index contributed by atoms with van der Waals surface area (Å²) in [5.74, 6) is -0.0888. The predicted molar refractivity (Wildman–Crippen MR) is 91.9 cm³/mol. The van der Waals surface area contributed by atoms with Gasteiger partial charge in [0.05, 0.1) is 13.7 Å². The van der Waals surface area contributed by atoms with E-state index in [0.717, 1.165) is 16.7 Å². The summed E-state index contributed by atoms with van der Waals surface area (Å²) in [5, 5.41) is 3.61. The molecule has 1 heterocycles. The second kappa shape index (κ2) is 7.51. The first-order valence-corrected chi connectivity index (χ1v) is 7.71. The fourth-order valence-corrected chi connectivity index (χ4v) is 2.73. The number of benzene rings is 2. The minimum Gasteiger partial charge on any atom is -0.467 e. The molecule has 0 radical (unpaired) electrons. The monoisotopic (exact) mass is 336 g/mol. The van der Waals surface area contributed by atoms with E-state index >= 15 is 0 Å². The molecule has 126 valence electrons. The van der Waals surface area contributed by atoms with Gasteiger partial charge in [0.25, 0.3) is 0 Å². The Balaban J connectivity index is 1.99. The number of azide groups is 1. The third-order valence-electron chi connectivity index (χ3n) is 3.91. The van der Waals surface area contributed by atoms with E-state index in [2.05, 4.69) is 15.0 Å². The highest BCUT2D eigenvalue weighted by Gasteiger charge is 2.39. The topological polar surface area (TPSA) is 96.6 Å². The van der Waals surface area contributed by atoms with Crippen LogP contribution in [0.4, 0.5) is 0 Å². The Labute approximate surface area is 144 Å². The van der Waals surface area contributed by atoms with Crippen LogP contribution < -0.4 is 0 Å². The summed E-state index contributed by atoms with van der Waals surface area (Å²) >= 11 is 0. The molecule has 0 bridgehead atoms. The van der Waals surface area contributed by atoms with Crippen LogP contribution in [0.1, 0.15) is 22.8 Å². The molecule has 0 spiro atoms. The minimum atomic E-state index is -0.813. The number of aliphatic imine (C=N–C) groups is 1. The first kappa shape index (κ1) is 16.5. The van der Waals surface area contributed by atoms with Crippen LogP contribution in [0.3, 0.4) is 0 Å². The number of hydrogen-bond donors (Lipinski definition) is 0. The molecule has 0 amide bonds. The predicted octanol–water partition coefficient (Wildman–Crippen LogP) is 3.56. The lowest BCUT2D eigenvalue weighted by Crippen LogP contribution is -2.26. The fourth-order valence-electron chi connectivity index (χ4n) is 2.73. The zero-order chi connectivity index (χ0) is 17.6. The molecule has 2 aromatic rings. The van der Waals surface area contributed by atoms with Crippen LogP contribution in [-0.2, 0) is 20.8 Å². The lowest BCUT2D eigenvalue weighted by Gasteiger charge is -2.19. The number of hydrogen-bond acceptors (Lipinski definition) is 5. The van der Waals surface area contributed by atoms with E-state index in [-0.39, 0.29) is 6.54 Å². The summed E-state index contributed by atoms with van der Waals surface area (Å²) in [6, 6.07) is 15.9. The highest BCUT2D eigenvalue weighted by molar-refractivity contribution is 5.98. The van der Waals surface area contributed by atoms with Gasteiger partial charge in [-0.3, -0.25) is 0 Å². The maximum Gasteiger partial charge on any atom is 0.335 e. The molecule has 2 atom stereocenters. The SMILES string of the molecule is COC(=O)C1N=C(c2ccccc2)O[C@H]1c1ccccc1CN=[N+]=[N-]. The van der Waals surface area contributed by atoms with Gasteiger partial charge in [0, 0.05) is 10.5 Å². The van der Waals surface area contributed by atoms with Crippen molar-refractivity contribution in [3.05, 3.63) is 81.7 Å². The second-order valence-electron chi connectivity index (χ2n) is 5.39. The Hall–Kier alpha value is -3.31. The number of carbonyl (C=O) groups is 1.